The van der Waals surface area contributed by atoms with Crippen molar-refractivity contribution in [3.05, 3.63) is 17.8 Å². The van der Waals surface area contributed by atoms with Gasteiger partial charge in [0.15, 0.2) is 5.75 Å². The number of hydrogen-bond acceptors (Lipinski definition) is 5. The van der Waals surface area contributed by atoms with Crippen molar-refractivity contribution in [3.63, 3.8) is 0 Å². The quantitative estimate of drug-likeness (QED) is 0.777. The molecule has 0 aliphatic rings. The van der Waals surface area contributed by atoms with Crippen LogP contribution in [0.3, 0.4) is 0 Å². The molecule has 2 N–H and O–H groups in total. The van der Waals surface area contributed by atoms with Crippen molar-refractivity contribution in [2.75, 3.05) is 0 Å². The molecule has 0 amide bonds. The van der Waals surface area contributed by atoms with Gasteiger partial charge in [-0.15, -0.1) is 0 Å². The zero-order chi connectivity index (χ0) is 12.8. The Morgan fingerprint density at radius 2 is 1.88 bits per heavy atom. The first-order chi connectivity index (χ1) is 8.02. The number of ether oxygens (including phenoxy) is 2. The average molecular weight is 241 g/mol. The van der Waals surface area contributed by atoms with Crippen LogP contribution in [0.5, 0.6) is 11.6 Å². The van der Waals surface area contributed by atoms with Gasteiger partial charge in [-0.05, 0) is 18.6 Å². The van der Waals surface area contributed by atoms with Crippen LogP contribution in [0.15, 0.2) is 12.1 Å². The van der Waals surface area contributed by atoms with Gasteiger partial charge in [-0.3, -0.25) is 0 Å². The highest BCUT2D eigenvalue weighted by molar-refractivity contribution is 5.65. The van der Waals surface area contributed by atoms with Crippen LogP contribution in [0.25, 0.3) is 0 Å². The van der Waals surface area contributed by atoms with Gasteiger partial charge in [0.25, 0.3) is 5.88 Å². The Morgan fingerprint density at radius 3 is 2.41 bits per heavy atom. The predicted molar refractivity (Wildman–Crippen MR) is 55.5 cm³/mol. The van der Waals surface area contributed by atoms with Crippen LogP contribution in [0.1, 0.15) is 19.0 Å². The van der Waals surface area contributed by atoms with Crippen LogP contribution in [-0.4, -0.2) is 27.5 Å². The lowest BCUT2D eigenvalue weighted by atomic mass is 10.2. The highest BCUT2D eigenvalue weighted by Crippen LogP contribution is 2.25. The molecular weight excluding hydrogens is 230 g/mol. The molecule has 7 heteroatoms. The Kier molecular flexibility index (Phi) is 4.27. The van der Waals surface area contributed by atoms with Crippen LogP contribution in [0.4, 0.5) is 9.59 Å². The number of carboxylic acid groups (broad SMARTS) is 2. The second-order valence-electron chi connectivity index (χ2n) is 3.09. The zero-order valence-corrected chi connectivity index (χ0v) is 9.04. The number of nitrogens with zero attached hydrogens (tertiary/aromatic N) is 1. The molecule has 1 heterocycles. The molecule has 17 heavy (non-hydrogen) atoms. The number of rotatable bonds is 4. The van der Waals surface area contributed by atoms with Crippen LogP contribution in [0.2, 0.25) is 0 Å². The third-order valence-corrected chi connectivity index (χ3v) is 1.77. The summed E-state index contributed by atoms with van der Waals surface area (Å²) in [5.74, 6) is -0.620. The van der Waals surface area contributed by atoms with Gasteiger partial charge in [-0.1, -0.05) is 13.3 Å². The van der Waals surface area contributed by atoms with E-state index < -0.39 is 12.3 Å². The molecule has 0 saturated heterocycles. The van der Waals surface area contributed by atoms with E-state index in [2.05, 4.69) is 14.5 Å². The van der Waals surface area contributed by atoms with E-state index in [1.165, 1.54) is 6.07 Å². The molecule has 0 atom stereocenters. The maximum absolute atomic E-state index is 10.4. The Bertz CT molecular complexity index is 431. The first-order valence-electron chi connectivity index (χ1n) is 4.84. The van der Waals surface area contributed by atoms with Crippen molar-refractivity contribution >= 4 is 12.3 Å². The first-order valence-corrected chi connectivity index (χ1v) is 4.84. The summed E-state index contributed by atoms with van der Waals surface area (Å²) in [4.78, 5) is 24.6. The molecule has 0 spiro atoms. The molecule has 7 nitrogen and oxygen atoms in total. The van der Waals surface area contributed by atoms with Crippen molar-refractivity contribution < 1.29 is 29.3 Å². The smallest absolute Gasteiger partial charge is 0.449 e. The third-order valence-electron chi connectivity index (χ3n) is 1.77. The minimum atomic E-state index is -1.58. The molecule has 92 valence electrons. The van der Waals surface area contributed by atoms with Gasteiger partial charge in [0.05, 0.1) is 0 Å². The number of carbonyl (C=O) groups is 2. The summed E-state index contributed by atoms with van der Waals surface area (Å²) in [5.41, 5.74) is 0.599. The van der Waals surface area contributed by atoms with Crippen molar-refractivity contribution in [1.29, 1.82) is 0 Å². The minimum absolute atomic E-state index is 0.250. The van der Waals surface area contributed by atoms with Crippen LogP contribution >= 0.6 is 0 Å². The van der Waals surface area contributed by atoms with Gasteiger partial charge < -0.3 is 19.7 Å². The summed E-state index contributed by atoms with van der Waals surface area (Å²) in [6.45, 7) is 1.93. The molecule has 0 fully saturated rings. The molecule has 1 rings (SSSR count). The van der Waals surface area contributed by atoms with Crippen LogP contribution in [0, 0.1) is 0 Å². The van der Waals surface area contributed by atoms with Crippen LogP contribution < -0.4 is 9.47 Å². The number of hydrogen-bond donors (Lipinski definition) is 2. The van der Waals surface area contributed by atoms with E-state index in [0.29, 0.717) is 12.1 Å². The zero-order valence-electron chi connectivity index (χ0n) is 9.04. The normalized spacial score (nSPS) is 9.71. The van der Waals surface area contributed by atoms with E-state index in [4.69, 9.17) is 10.2 Å². The molecule has 0 aliphatic heterocycles. The largest absolute Gasteiger partial charge is 0.512 e. The monoisotopic (exact) mass is 241 g/mol. The maximum Gasteiger partial charge on any atom is 0.512 e. The van der Waals surface area contributed by atoms with Gasteiger partial charge in [0, 0.05) is 5.69 Å². The second-order valence-corrected chi connectivity index (χ2v) is 3.09. The third kappa shape index (κ3) is 3.98. The van der Waals surface area contributed by atoms with Gasteiger partial charge in [-0.2, -0.15) is 0 Å². The Hall–Kier alpha value is -2.31. The van der Waals surface area contributed by atoms with Crippen LogP contribution in [-0.2, 0) is 6.42 Å². The van der Waals surface area contributed by atoms with Crippen molar-refractivity contribution in [1.82, 2.24) is 4.98 Å². The Morgan fingerprint density at radius 1 is 1.24 bits per heavy atom. The highest BCUT2D eigenvalue weighted by Gasteiger charge is 2.14. The fraction of sp³-hybridized carbons (Fsp3) is 0.300. The maximum atomic E-state index is 10.4. The molecule has 1 aromatic heterocycles. The average Bonchev–Trinajstić information content (AvgIpc) is 2.21. The van der Waals surface area contributed by atoms with Crippen molar-refractivity contribution in [2.45, 2.75) is 19.8 Å². The molecule has 1 aromatic rings. The van der Waals surface area contributed by atoms with E-state index in [9.17, 15) is 9.59 Å². The van der Waals surface area contributed by atoms with Gasteiger partial charge in [0.1, 0.15) is 0 Å². The van der Waals surface area contributed by atoms with E-state index in [1.54, 1.807) is 6.07 Å². The number of aromatic nitrogens is 1. The summed E-state index contributed by atoms with van der Waals surface area (Å²) in [5, 5.41) is 16.9. The molecular formula is C10H11NO6. The molecule has 0 unspecified atom stereocenters. The van der Waals surface area contributed by atoms with Gasteiger partial charge in [-0.25, -0.2) is 14.6 Å². The van der Waals surface area contributed by atoms with E-state index in [0.717, 1.165) is 6.42 Å². The molecule has 0 bridgehead atoms. The highest BCUT2D eigenvalue weighted by atomic mass is 16.7. The van der Waals surface area contributed by atoms with Gasteiger partial charge in [0.2, 0.25) is 0 Å². The lowest BCUT2D eigenvalue weighted by Gasteiger charge is -2.07. The summed E-state index contributed by atoms with van der Waals surface area (Å²) >= 11 is 0. The summed E-state index contributed by atoms with van der Waals surface area (Å²) < 4.78 is 8.70. The summed E-state index contributed by atoms with van der Waals surface area (Å²) in [7, 11) is 0. The first kappa shape index (κ1) is 12.8. The molecule has 0 radical (unpaired) electrons. The lowest BCUT2D eigenvalue weighted by molar-refractivity contribution is 0.131. The standard InChI is InChI=1S/C10H11NO6/c1-2-3-6-4-5-7(16-9(12)13)8(11-6)17-10(14)15/h4-5H,2-3H2,1H3,(H,12,13)(H,14,15). The van der Waals surface area contributed by atoms with Gasteiger partial charge >= 0.3 is 12.3 Å². The Balaban J connectivity index is 3.02. The van der Waals surface area contributed by atoms with E-state index >= 15 is 0 Å². The predicted octanol–water partition coefficient (Wildman–Crippen LogP) is 2.15. The Labute approximate surface area is 96.6 Å². The SMILES string of the molecule is CCCc1ccc(OC(=O)O)c(OC(=O)O)n1. The topological polar surface area (TPSA) is 106 Å². The fourth-order valence-corrected chi connectivity index (χ4v) is 1.19. The minimum Gasteiger partial charge on any atom is -0.449 e. The number of aryl methyl sites for hydroxylation is 1. The van der Waals surface area contributed by atoms with E-state index in [1.807, 2.05) is 6.92 Å². The molecule has 0 saturated carbocycles. The van der Waals surface area contributed by atoms with Crippen molar-refractivity contribution in [2.24, 2.45) is 0 Å². The second kappa shape index (κ2) is 5.69. The molecule has 0 aliphatic carbocycles. The summed E-state index contributed by atoms with van der Waals surface area (Å²) in [6.07, 6.45) is -1.70. The fourth-order valence-electron chi connectivity index (χ4n) is 1.19. The number of pyridine rings is 1. The summed E-state index contributed by atoms with van der Waals surface area (Å²) in [6, 6.07) is 2.86. The van der Waals surface area contributed by atoms with Crippen molar-refractivity contribution in [3.8, 4) is 11.6 Å². The lowest BCUT2D eigenvalue weighted by Crippen LogP contribution is -2.10. The van der Waals surface area contributed by atoms with E-state index in [-0.39, 0.29) is 11.6 Å². The molecule has 0 aromatic carbocycles.